The first-order chi connectivity index (χ1) is 8.81. The van der Waals surface area contributed by atoms with Crippen molar-refractivity contribution in [3.05, 3.63) is 46.2 Å². The number of fused-ring (bicyclic) bond motifs is 1. The number of hydrogen-bond donors (Lipinski definition) is 1. The average Bonchev–Trinajstić information content (AvgIpc) is 2.85. The molecule has 0 atom stereocenters. The number of H-pyrrole nitrogens is 1. The fourth-order valence-corrected chi connectivity index (χ4v) is 1.76. The zero-order valence-electron chi connectivity index (χ0n) is 9.03. The smallest absolute Gasteiger partial charge is 0.270 e. The number of nitrogens with zero attached hydrogens (tertiary/aromatic N) is 5. The third-order valence-corrected chi connectivity index (χ3v) is 2.53. The summed E-state index contributed by atoms with van der Waals surface area (Å²) in [6.07, 6.45) is 0. The van der Waals surface area contributed by atoms with Gasteiger partial charge in [-0.25, -0.2) is 0 Å². The molecule has 1 aromatic carbocycles. The van der Waals surface area contributed by atoms with Crippen LogP contribution in [0.2, 0.25) is 0 Å². The summed E-state index contributed by atoms with van der Waals surface area (Å²) >= 11 is 0. The van der Waals surface area contributed by atoms with Crippen LogP contribution in [0.4, 0.5) is 0 Å². The topological polar surface area (TPSA) is 99.7 Å². The number of nitrogens with one attached hydrogen (secondary N) is 1. The molecular weight excluding hydrogens is 232 g/mol. The Balaban J connectivity index is 2.50. The summed E-state index contributed by atoms with van der Waals surface area (Å²) in [6, 6.07) is 10.9. The third-order valence-electron chi connectivity index (χ3n) is 2.53. The first kappa shape index (κ1) is 10.2. The Morgan fingerprint density at radius 1 is 1.28 bits per heavy atom. The van der Waals surface area contributed by atoms with Crippen molar-refractivity contribution in [3.63, 3.8) is 0 Å². The van der Waals surface area contributed by atoms with Crippen LogP contribution in [-0.2, 0) is 0 Å². The van der Waals surface area contributed by atoms with Crippen molar-refractivity contribution in [2.24, 2.45) is 0 Å². The lowest BCUT2D eigenvalue weighted by atomic mass is 10.1. The van der Waals surface area contributed by atoms with Gasteiger partial charge in [0.25, 0.3) is 11.3 Å². The van der Waals surface area contributed by atoms with Gasteiger partial charge in [-0.2, -0.15) is 9.78 Å². The fraction of sp³-hybridized carbons (Fsp3) is 0. The van der Waals surface area contributed by atoms with E-state index in [1.54, 1.807) is 12.1 Å². The Morgan fingerprint density at radius 3 is 2.78 bits per heavy atom. The van der Waals surface area contributed by atoms with E-state index in [1.807, 2.05) is 24.3 Å². The number of benzene rings is 1. The molecule has 0 spiro atoms. The Hall–Kier alpha value is -3.01. The van der Waals surface area contributed by atoms with Crippen LogP contribution in [0.3, 0.4) is 0 Å². The second-order valence-electron chi connectivity index (χ2n) is 3.57. The van der Waals surface area contributed by atoms with E-state index in [9.17, 15) is 4.79 Å². The molecule has 0 saturated heterocycles. The number of aromatic amines is 1. The summed E-state index contributed by atoms with van der Waals surface area (Å²) in [5, 5.41) is 20.1. The van der Waals surface area contributed by atoms with Crippen LogP contribution in [0.1, 0.15) is 5.56 Å². The van der Waals surface area contributed by atoms with Gasteiger partial charge in [-0.15, -0.1) is 0 Å². The number of tetrazole rings is 1. The van der Waals surface area contributed by atoms with E-state index in [1.165, 1.54) is 4.52 Å². The van der Waals surface area contributed by atoms with Crippen molar-refractivity contribution < 1.29 is 0 Å². The summed E-state index contributed by atoms with van der Waals surface area (Å²) in [5.41, 5.74) is 0.582. The van der Waals surface area contributed by atoms with Gasteiger partial charge in [0.05, 0.1) is 0 Å². The molecule has 2 heterocycles. The predicted octanol–water partition coefficient (Wildman–Crippen LogP) is 0.351. The van der Waals surface area contributed by atoms with E-state index in [0.717, 1.165) is 0 Å². The van der Waals surface area contributed by atoms with Gasteiger partial charge in [0.15, 0.2) is 0 Å². The van der Waals surface area contributed by atoms with Gasteiger partial charge in [0.2, 0.25) is 0 Å². The molecule has 7 heteroatoms. The Kier molecular flexibility index (Phi) is 2.13. The van der Waals surface area contributed by atoms with Crippen LogP contribution in [0.5, 0.6) is 0 Å². The SMILES string of the molecule is N#Cc1c(-c2ccccc2)n2nnnc2[nH]c1=O. The van der Waals surface area contributed by atoms with Crippen LogP contribution in [0.25, 0.3) is 17.0 Å². The molecule has 3 aromatic rings. The third kappa shape index (κ3) is 1.36. The molecule has 0 amide bonds. The van der Waals surface area contributed by atoms with Crippen molar-refractivity contribution in [1.29, 1.82) is 5.26 Å². The van der Waals surface area contributed by atoms with E-state index >= 15 is 0 Å². The second-order valence-corrected chi connectivity index (χ2v) is 3.57. The van der Waals surface area contributed by atoms with Crippen LogP contribution >= 0.6 is 0 Å². The predicted molar refractivity (Wildman–Crippen MR) is 61.6 cm³/mol. The summed E-state index contributed by atoms with van der Waals surface area (Å²) < 4.78 is 1.34. The Labute approximate surface area is 100 Å². The Morgan fingerprint density at radius 2 is 2.06 bits per heavy atom. The molecule has 0 saturated carbocycles. The zero-order valence-corrected chi connectivity index (χ0v) is 9.03. The molecule has 0 aliphatic heterocycles. The van der Waals surface area contributed by atoms with Gasteiger partial charge < -0.3 is 0 Å². The van der Waals surface area contributed by atoms with Gasteiger partial charge in [-0.1, -0.05) is 35.4 Å². The number of aromatic nitrogens is 5. The molecule has 0 radical (unpaired) electrons. The maximum absolute atomic E-state index is 11.8. The van der Waals surface area contributed by atoms with Crippen molar-refractivity contribution in [2.45, 2.75) is 0 Å². The van der Waals surface area contributed by atoms with Gasteiger partial charge in [-0.3, -0.25) is 9.78 Å². The highest BCUT2D eigenvalue weighted by molar-refractivity contribution is 5.67. The lowest BCUT2D eigenvalue weighted by Gasteiger charge is -2.04. The highest BCUT2D eigenvalue weighted by atomic mass is 16.1. The standard InChI is InChI=1S/C11H6N6O/c12-6-8-9(7-4-2-1-3-5-7)17-11(13-10(8)18)14-15-16-17/h1-5H,(H,13,14,16,18). The van der Waals surface area contributed by atoms with Crippen molar-refractivity contribution in [1.82, 2.24) is 25.0 Å². The minimum absolute atomic E-state index is 0.0130. The zero-order chi connectivity index (χ0) is 12.5. The van der Waals surface area contributed by atoms with Crippen LogP contribution in [-0.4, -0.2) is 25.0 Å². The van der Waals surface area contributed by atoms with E-state index in [0.29, 0.717) is 11.3 Å². The Bertz CT molecular complexity index is 811. The highest BCUT2D eigenvalue weighted by Crippen LogP contribution is 2.19. The monoisotopic (exact) mass is 238 g/mol. The molecule has 0 fully saturated rings. The number of hydrogen-bond acceptors (Lipinski definition) is 5. The summed E-state index contributed by atoms with van der Waals surface area (Å²) in [5.74, 6) is 0.206. The first-order valence-electron chi connectivity index (χ1n) is 5.11. The van der Waals surface area contributed by atoms with Gasteiger partial charge >= 0.3 is 0 Å². The highest BCUT2D eigenvalue weighted by Gasteiger charge is 2.15. The fourth-order valence-electron chi connectivity index (χ4n) is 1.76. The molecule has 86 valence electrons. The van der Waals surface area contributed by atoms with Gasteiger partial charge in [-0.05, 0) is 10.4 Å². The van der Waals surface area contributed by atoms with Crippen molar-refractivity contribution in [2.75, 3.05) is 0 Å². The lowest BCUT2D eigenvalue weighted by Crippen LogP contribution is -2.16. The molecule has 3 rings (SSSR count). The normalized spacial score (nSPS) is 10.4. The molecule has 1 N–H and O–H groups in total. The second kappa shape index (κ2) is 3.78. The van der Waals surface area contributed by atoms with E-state index in [4.69, 9.17) is 5.26 Å². The molecule has 0 bridgehead atoms. The van der Waals surface area contributed by atoms with Crippen molar-refractivity contribution in [3.8, 4) is 17.3 Å². The minimum atomic E-state index is -0.501. The molecular formula is C11H6N6O. The van der Waals surface area contributed by atoms with E-state index < -0.39 is 5.56 Å². The van der Waals surface area contributed by atoms with Crippen LogP contribution in [0.15, 0.2) is 35.1 Å². The number of rotatable bonds is 1. The maximum Gasteiger partial charge on any atom is 0.270 e. The average molecular weight is 238 g/mol. The molecule has 2 aromatic heterocycles. The molecule has 7 nitrogen and oxygen atoms in total. The molecule has 18 heavy (non-hydrogen) atoms. The van der Waals surface area contributed by atoms with Crippen LogP contribution < -0.4 is 5.56 Å². The number of nitriles is 1. The van der Waals surface area contributed by atoms with Crippen LogP contribution in [0, 0.1) is 11.3 Å². The first-order valence-corrected chi connectivity index (χ1v) is 5.11. The summed E-state index contributed by atoms with van der Waals surface area (Å²) in [7, 11) is 0. The van der Waals surface area contributed by atoms with E-state index in [-0.39, 0.29) is 11.3 Å². The van der Waals surface area contributed by atoms with E-state index in [2.05, 4.69) is 20.5 Å². The molecule has 0 unspecified atom stereocenters. The quantitative estimate of drug-likeness (QED) is 0.659. The summed E-state index contributed by atoms with van der Waals surface area (Å²) in [6.45, 7) is 0. The van der Waals surface area contributed by atoms with Crippen molar-refractivity contribution >= 4 is 5.78 Å². The molecule has 0 aliphatic rings. The minimum Gasteiger partial charge on any atom is -0.288 e. The van der Waals surface area contributed by atoms with Gasteiger partial charge in [0.1, 0.15) is 17.3 Å². The molecule has 0 aliphatic carbocycles. The largest absolute Gasteiger partial charge is 0.288 e. The maximum atomic E-state index is 11.8. The summed E-state index contributed by atoms with van der Waals surface area (Å²) in [4.78, 5) is 14.2. The lowest BCUT2D eigenvalue weighted by molar-refractivity contribution is 0.823. The van der Waals surface area contributed by atoms with Gasteiger partial charge in [0, 0.05) is 5.56 Å².